The van der Waals surface area contributed by atoms with E-state index < -0.39 is 0 Å². The summed E-state index contributed by atoms with van der Waals surface area (Å²) in [6.45, 7) is 0. The predicted octanol–water partition coefficient (Wildman–Crippen LogP) is 0.250. The second kappa shape index (κ2) is 8.25. The van der Waals surface area contributed by atoms with E-state index in [-0.39, 0.29) is 11.8 Å². The quantitative estimate of drug-likeness (QED) is 0.499. The molecule has 0 aliphatic carbocycles. The van der Waals surface area contributed by atoms with Gasteiger partial charge in [-0.2, -0.15) is 0 Å². The molecule has 0 aromatic carbocycles. The van der Waals surface area contributed by atoms with Crippen molar-refractivity contribution < 1.29 is 9.59 Å². The fourth-order valence-electron chi connectivity index (χ4n) is 0.486. The first kappa shape index (κ1) is 12.6. The summed E-state index contributed by atoms with van der Waals surface area (Å²) in [6, 6.07) is 0. The number of nitrogens with one attached hydrogen (secondary N) is 2. The first-order chi connectivity index (χ1) is 6.20. The van der Waals surface area contributed by atoms with Crippen LogP contribution in [0.3, 0.4) is 0 Å². The van der Waals surface area contributed by atoms with Crippen molar-refractivity contribution in [3.63, 3.8) is 0 Å². The van der Waals surface area contributed by atoms with Crippen molar-refractivity contribution in [2.45, 2.75) is 6.42 Å². The Morgan fingerprint density at radius 3 is 2.23 bits per heavy atom. The Morgan fingerprint density at radius 1 is 1.08 bits per heavy atom. The van der Waals surface area contributed by atoms with Crippen LogP contribution in [0.15, 0.2) is 0 Å². The maximum absolute atomic E-state index is 10.8. The molecule has 0 aromatic rings. The second-order valence-electron chi connectivity index (χ2n) is 2.18. The zero-order chi connectivity index (χ0) is 10.1. The van der Waals surface area contributed by atoms with E-state index in [1.54, 1.807) is 14.1 Å². The molecule has 0 fully saturated rings. The van der Waals surface area contributed by atoms with E-state index in [0.717, 1.165) is 5.75 Å². The molecule has 4 nitrogen and oxygen atoms in total. The molecule has 0 radical (unpaired) electrons. The van der Waals surface area contributed by atoms with Crippen LogP contribution in [-0.4, -0.2) is 37.4 Å². The first-order valence-corrected chi connectivity index (χ1v) is 6.35. The Bertz CT molecular complexity index is 158. The molecule has 2 amide bonds. The topological polar surface area (TPSA) is 58.2 Å². The molecule has 0 aliphatic rings. The van der Waals surface area contributed by atoms with Crippen LogP contribution in [0.5, 0.6) is 0 Å². The summed E-state index contributed by atoms with van der Waals surface area (Å²) in [4.78, 5) is 21.5. The third-order valence-electron chi connectivity index (χ3n) is 1.24. The molecule has 0 rings (SSSR count). The molecule has 0 saturated carbocycles. The van der Waals surface area contributed by atoms with Gasteiger partial charge in [-0.1, -0.05) is 21.6 Å². The summed E-state index contributed by atoms with van der Waals surface area (Å²) in [5, 5.41) is 5.06. The molecule has 0 aliphatic heterocycles. The van der Waals surface area contributed by atoms with Crippen molar-refractivity contribution in [3.05, 3.63) is 0 Å². The van der Waals surface area contributed by atoms with Crippen LogP contribution in [0.4, 0.5) is 0 Å². The lowest BCUT2D eigenvalue weighted by Crippen LogP contribution is -2.19. The largest absolute Gasteiger partial charge is 0.359 e. The average Bonchev–Trinajstić information content (AvgIpc) is 2.16. The predicted molar refractivity (Wildman–Crippen MR) is 57.7 cm³/mol. The van der Waals surface area contributed by atoms with Crippen LogP contribution in [-0.2, 0) is 9.59 Å². The summed E-state index contributed by atoms with van der Waals surface area (Å²) in [5.41, 5.74) is 0. The van der Waals surface area contributed by atoms with Crippen LogP contribution >= 0.6 is 21.6 Å². The summed E-state index contributed by atoms with van der Waals surface area (Å²) >= 11 is 0. The average molecular weight is 222 g/mol. The van der Waals surface area contributed by atoms with E-state index in [2.05, 4.69) is 10.6 Å². The van der Waals surface area contributed by atoms with Gasteiger partial charge < -0.3 is 10.6 Å². The maximum atomic E-state index is 10.8. The Morgan fingerprint density at radius 2 is 1.69 bits per heavy atom. The fourth-order valence-corrected chi connectivity index (χ4v) is 2.38. The third-order valence-corrected chi connectivity index (χ3v) is 3.51. The molecule has 76 valence electrons. The third kappa shape index (κ3) is 7.98. The van der Waals surface area contributed by atoms with Crippen LogP contribution in [0.1, 0.15) is 6.42 Å². The molecule has 0 unspecified atom stereocenters. The van der Waals surface area contributed by atoms with Crippen LogP contribution in [0.25, 0.3) is 0 Å². The zero-order valence-electron chi connectivity index (χ0n) is 7.75. The van der Waals surface area contributed by atoms with Gasteiger partial charge in [0.2, 0.25) is 11.8 Å². The standard InChI is InChI=1S/C7H14N2O2S2/c1-8-6(10)3-4-12-13-5-7(11)9-2/h3-5H2,1-2H3,(H,8,10)(H,9,11). The van der Waals surface area contributed by atoms with Gasteiger partial charge in [0.05, 0.1) is 5.75 Å². The van der Waals surface area contributed by atoms with Gasteiger partial charge in [0.1, 0.15) is 0 Å². The lowest BCUT2D eigenvalue weighted by atomic mass is 10.5. The van der Waals surface area contributed by atoms with Crippen LogP contribution in [0.2, 0.25) is 0 Å². The molecular formula is C7H14N2O2S2. The SMILES string of the molecule is CNC(=O)CCSSCC(=O)NC. The van der Waals surface area contributed by atoms with E-state index in [4.69, 9.17) is 0 Å². The monoisotopic (exact) mass is 222 g/mol. The van der Waals surface area contributed by atoms with E-state index in [9.17, 15) is 9.59 Å². The number of carbonyl (C=O) groups is 2. The lowest BCUT2D eigenvalue weighted by Gasteiger charge is -1.99. The minimum absolute atomic E-state index is 0.0115. The Kier molecular flexibility index (Phi) is 8.02. The molecule has 0 atom stereocenters. The van der Waals surface area contributed by atoms with E-state index in [0.29, 0.717) is 12.2 Å². The smallest absolute Gasteiger partial charge is 0.230 e. The van der Waals surface area contributed by atoms with Crippen molar-refractivity contribution in [1.82, 2.24) is 10.6 Å². The lowest BCUT2D eigenvalue weighted by molar-refractivity contribution is -0.120. The fraction of sp³-hybridized carbons (Fsp3) is 0.714. The number of hydrogen-bond acceptors (Lipinski definition) is 4. The molecule has 6 heteroatoms. The normalized spacial score (nSPS) is 9.38. The minimum atomic E-state index is 0.0115. The molecule has 0 aromatic heterocycles. The summed E-state index contributed by atoms with van der Waals surface area (Å²) < 4.78 is 0. The Hall–Kier alpha value is -0.360. The van der Waals surface area contributed by atoms with Crippen molar-refractivity contribution in [3.8, 4) is 0 Å². The van der Waals surface area contributed by atoms with Gasteiger partial charge in [-0.3, -0.25) is 9.59 Å². The van der Waals surface area contributed by atoms with Gasteiger partial charge >= 0.3 is 0 Å². The van der Waals surface area contributed by atoms with Gasteiger partial charge in [0.25, 0.3) is 0 Å². The Labute approximate surface area is 86.0 Å². The highest BCUT2D eigenvalue weighted by atomic mass is 33.1. The van der Waals surface area contributed by atoms with Gasteiger partial charge in [0, 0.05) is 26.3 Å². The highest BCUT2D eigenvalue weighted by Crippen LogP contribution is 2.21. The second-order valence-corrected chi connectivity index (χ2v) is 4.76. The van der Waals surface area contributed by atoms with E-state index in [1.807, 2.05) is 0 Å². The first-order valence-electron chi connectivity index (χ1n) is 3.86. The molecule has 0 heterocycles. The summed E-state index contributed by atoms with van der Waals surface area (Å²) in [7, 11) is 6.22. The van der Waals surface area contributed by atoms with Gasteiger partial charge in [0.15, 0.2) is 0 Å². The minimum Gasteiger partial charge on any atom is -0.359 e. The molecule has 0 bridgehead atoms. The molecule has 0 spiro atoms. The van der Waals surface area contributed by atoms with Crippen molar-refractivity contribution in [2.75, 3.05) is 25.6 Å². The van der Waals surface area contributed by atoms with Crippen LogP contribution in [0, 0.1) is 0 Å². The summed E-state index contributed by atoms with van der Waals surface area (Å²) in [5.74, 6) is 1.22. The van der Waals surface area contributed by atoms with Gasteiger partial charge in [-0.15, -0.1) is 0 Å². The molecular weight excluding hydrogens is 208 g/mol. The molecule has 0 saturated heterocycles. The number of rotatable bonds is 6. The highest BCUT2D eigenvalue weighted by Gasteiger charge is 2.00. The number of carbonyl (C=O) groups excluding carboxylic acids is 2. The molecule has 2 N–H and O–H groups in total. The highest BCUT2D eigenvalue weighted by molar-refractivity contribution is 8.76. The Balaban J connectivity index is 3.17. The number of amides is 2. The van der Waals surface area contributed by atoms with E-state index in [1.165, 1.54) is 21.6 Å². The maximum Gasteiger partial charge on any atom is 0.230 e. The van der Waals surface area contributed by atoms with Crippen molar-refractivity contribution in [2.24, 2.45) is 0 Å². The van der Waals surface area contributed by atoms with Gasteiger partial charge in [-0.25, -0.2) is 0 Å². The van der Waals surface area contributed by atoms with Crippen molar-refractivity contribution in [1.29, 1.82) is 0 Å². The zero-order valence-corrected chi connectivity index (χ0v) is 9.39. The van der Waals surface area contributed by atoms with Crippen LogP contribution < -0.4 is 10.6 Å². The number of hydrogen-bond donors (Lipinski definition) is 2. The summed E-state index contributed by atoms with van der Waals surface area (Å²) in [6.07, 6.45) is 0.502. The van der Waals surface area contributed by atoms with Gasteiger partial charge in [-0.05, 0) is 0 Å². The van der Waals surface area contributed by atoms with Crippen molar-refractivity contribution >= 4 is 33.4 Å². The van der Waals surface area contributed by atoms with E-state index >= 15 is 0 Å². The molecule has 13 heavy (non-hydrogen) atoms.